The summed E-state index contributed by atoms with van der Waals surface area (Å²) < 4.78 is 10.7. The molecule has 1 heterocycles. The van der Waals surface area contributed by atoms with E-state index in [1.807, 2.05) is 5.09 Å². The van der Waals surface area contributed by atoms with Gasteiger partial charge in [-0.15, -0.1) is 0 Å². The van der Waals surface area contributed by atoms with Crippen molar-refractivity contribution in [2.75, 3.05) is 24.6 Å². The Kier molecular flexibility index (Phi) is 3.97. The van der Waals surface area contributed by atoms with Crippen LogP contribution in [-0.4, -0.2) is 40.4 Å². The lowest BCUT2D eigenvalue weighted by Crippen LogP contribution is -2.42. The fourth-order valence-corrected chi connectivity index (χ4v) is 2.51. The molecule has 0 bridgehead atoms. The molecule has 0 aromatic carbocycles. The van der Waals surface area contributed by atoms with Crippen molar-refractivity contribution < 1.29 is 14.3 Å². The van der Waals surface area contributed by atoms with Crippen molar-refractivity contribution >= 4 is 36.8 Å². The molecule has 0 spiro atoms. The topological polar surface area (TPSA) is 69.6 Å². The number of rotatable bonds is 1. The third-order valence-electron chi connectivity index (χ3n) is 1.54. The second kappa shape index (κ2) is 4.59. The minimum atomic E-state index is -3.74. The molecule has 0 radical (unpaired) electrons. The molecule has 2 N–H and O–H groups in total. The fraction of sp³-hybridized carbons (Fsp3) is 0.800. The van der Waals surface area contributed by atoms with E-state index in [0.717, 1.165) is 11.5 Å². The molecule has 1 aliphatic heterocycles. The highest BCUT2D eigenvalue weighted by molar-refractivity contribution is 8.45. The molecule has 0 aromatic heterocycles. The quantitative estimate of drug-likeness (QED) is 0.469. The number of thioether (sulfide) groups is 1. The summed E-state index contributed by atoms with van der Waals surface area (Å²) in [6, 6.07) is -0.513. The van der Waals surface area contributed by atoms with Crippen molar-refractivity contribution in [2.45, 2.75) is 0 Å². The third kappa shape index (κ3) is 4.26. The van der Waals surface area contributed by atoms with E-state index in [0.29, 0.717) is 13.1 Å². The number of carbonyl (C=O) groups is 1. The molecule has 2 amide bonds. The smallest absolute Gasteiger partial charge is 0.323 e. The maximum absolute atomic E-state index is 11.2. The predicted molar refractivity (Wildman–Crippen MR) is 56.2 cm³/mol. The zero-order chi connectivity index (χ0) is 9.90. The van der Waals surface area contributed by atoms with E-state index >= 15 is 0 Å². The Morgan fingerprint density at radius 3 is 2.54 bits per heavy atom. The third-order valence-corrected chi connectivity index (χ3v) is 3.26. The molecule has 0 saturated carbocycles. The molecule has 1 atom stereocenters. The summed E-state index contributed by atoms with van der Waals surface area (Å²) in [5.74, 6) is 1.74. The molecule has 0 aromatic rings. The van der Waals surface area contributed by atoms with Gasteiger partial charge in [-0.2, -0.15) is 11.8 Å². The molecule has 76 valence electrons. The summed E-state index contributed by atoms with van der Waals surface area (Å²) in [6.07, 6.45) is 0. The van der Waals surface area contributed by atoms with Crippen molar-refractivity contribution in [3.63, 3.8) is 0 Å². The second-order valence-corrected chi connectivity index (χ2v) is 6.72. The van der Waals surface area contributed by atoms with Gasteiger partial charge in [0.05, 0.1) is 0 Å². The number of nitrogens with zero attached hydrogens (tertiary/aromatic N) is 1. The number of amides is 2. The Balaban J connectivity index is 2.42. The highest BCUT2D eigenvalue weighted by Gasteiger charge is 2.22. The molecule has 5 nitrogen and oxygen atoms in total. The van der Waals surface area contributed by atoms with Crippen LogP contribution in [0.15, 0.2) is 0 Å². The first kappa shape index (κ1) is 11.2. The van der Waals surface area contributed by atoms with Crippen molar-refractivity contribution in [1.29, 1.82) is 0 Å². The van der Waals surface area contributed by atoms with Crippen LogP contribution in [0.3, 0.4) is 0 Å². The van der Waals surface area contributed by atoms with Crippen molar-refractivity contribution in [3.05, 3.63) is 0 Å². The molecular formula is C5H11N2O3PS2. The van der Waals surface area contributed by atoms with Gasteiger partial charge in [-0.1, -0.05) is 12.2 Å². The van der Waals surface area contributed by atoms with Gasteiger partial charge in [0, 0.05) is 24.6 Å². The van der Waals surface area contributed by atoms with E-state index in [9.17, 15) is 9.36 Å². The highest BCUT2D eigenvalue weighted by Crippen LogP contribution is 2.40. The Morgan fingerprint density at radius 1 is 1.54 bits per heavy atom. The van der Waals surface area contributed by atoms with Crippen LogP contribution in [0.4, 0.5) is 4.79 Å². The Bertz CT molecular complexity index is 238. The maximum Gasteiger partial charge on any atom is 0.349 e. The standard InChI is InChI=1S/C5H11N2O3PS2/c8-5(6-11(9,10)12)7-1-3-13-4-2-7/h1-4H2,(H3,6,8,9,10,12). The first-order valence-corrected chi connectivity index (χ1v) is 7.66. The van der Waals surface area contributed by atoms with E-state index in [1.165, 1.54) is 4.90 Å². The molecule has 1 saturated heterocycles. The van der Waals surface area contributed by atoms with Crippen LogP contribution in [0.1, 0.15) is 0 Å². The molecule has 1 fully saturated rings. The zero-order valence-electron chi connectivity index (χ0n) is 6.84. The summed E-state index contributed by atoms with van der Waals surface area (Å²) in [6.45, 7) is -2.51. The Morgan fingerprint density at radius 2 is 2.08 bits per heavy atom. The van der Waals surface area contributed by atoms with E-state index in [1.54, 1.807) is 11.8 Å². The summed E-state index contributed by atoms with van der Waals surface area (Å²) in [5.41, 5.74) is 0. The number of hydrogen-bond donors (Lipinski definition) is 3. The van der Waals surface area contributed by atoms with Crippen molar-refractivity contribution in [1.82, 2.24) is 9.99 Å². The number of hydrogen-bond acceptors (Lipinski definition) is 3. The van der Waals surface area contributed by atoms with Gasteiger partial charge >= 0.3 is 12.8 Å². The van der Waals surface area contributed by atoms with Crippen LogP contribution in [0.2, 0.25) is 0 Å². The van der Waals surface area contributed by atoms with Gasteiger partial charge in [-0.25, -0.2) is 4.79 Å². The van der Waals surface area contributed by atoms with Crippen LogP contribution in [0.25, 0.3) is 0 Å². The lowest BCUT2D eigenvalue weighted by Gasteiger charge is -2.26. The summed E-state index contributed by atoms with van der Waals surface area (Å²) in [5, 5.41) is 1.94. The molecule has 1 aliphatic rings. The van der Waals surface area contributed by atoms with Gasteiger partial charge in [-0.05, 0) is 0 Å². The number of thiol groups is 1. The van der Waals surface area contributed by atoms with Crippen LogP contribution in [0.5, 0.6) is 0 Å². The number of carbonyl (C=O) groups excluding carboxylic acids is 1. The molecule has 1 unspecified atom stereocenters. The summed E-state index contributed by atoms with van der Waals surface area (Å²) in [4.78, 5) is 21.5. The lowest BCUT2D eigenvalue weighted by molar-refractivity contribution is 0.208. The molecule has 8 heteroatoms. The van der Waals surface area contributed by atoms with E-state index in [-0.39, 0.29) is 0 Å². The van der Waals surface area contributed by atoms with Gasteiger partial charge in [0.1, 0.15) is 0 Å². The minimum absolute atomic E-state index is 0.513. The Hall–Kier alpha value is 0.160. The average Bonchev–Trinajstić information content (AvgIpc) is 2.03. The summed E-state index contributed by atoms with van der Waals surface area (Å²) >= 11 is 5.12. The second-order valence-electron chi connectivity index (χ2n) is 2.56. The van der Waals surface area contributed by atoms with Gasteiger partial charge in [0.15, 0.2) is 0 Å². The maximum atomic E-state index is 11.2. The van der Waals surface area contributed by atoms with Crippen molar-refractivity contribution in [3.8, 4) is 0 Å². The Labute approximate surface area is 85.9 Å². The first-order chi connectivity index (χ1) is 5.99. The SMILES string of the molecule is O=C(NP(=O)(O)S)N1CCSCC1. The van der Waals surface area contributed by atoms with E-state index in [2.05, 4.69) is 12.2 Å². The average molecular weight is 242 g/mol. The van der Waals surface area contributed by atoms with E-state index in [4.69, 9.17) is 4.89 Å². The first-order valence-electron chi connectivity index (χ1n) is 3.69. The lowest BCUT2D eigenvalue weighted by atomic mass is 10.5. The van der Waals surface area contributed by atoms with E-state index < -0.39 is 12.8 Å². The van der Waals surface area contributed by atoms with Gasteiger partial charge in [-0.3, -0.25) is 9.65 Å². The predicted octanol–water partition coefficient (Wildman–Crippen LogP) is 0.775. The van der Waals surface area contributed by atoms with Crippen molar-refractivity contribution in [2.24, 2.45) is 0 Å². The largest absolute Gasteiger partial charge is 0.349 e. The van der Waals surface area contributed by atoms with Crippen LogP contribution >= 0.6 is 30.7 Å². The number of nitrogens with one attached hydrogen (secondary N) is 1. The van der Waals surface area contributed by atoms with Gasteiger partial charge < -0.3 is 9.79 Å². The minimum Gasteiger partial charge on any atom is -0.323 e. The van der Waals surface area contributed by atoms with Crippen LogP contribution in [-0.2, 0) is 4.57 Å². The molecule has 1 rings (SSSR count). The normalized spacial score (nSPS) is 22.2. The summed E-state index contributed by atoms with van der Waals surface area (Å²) in [7, 11) is 0. The van der Waals surface area contributed by atoms with Crippen LogP contribution < -0.4 is 5.09 Å². The zero-order valence-corrected chi connectivity index (χ0v) is 9.45. The van der Waals surface area contributed by atoms with Gasteiger partial charge in [0.2, 0.25) is 0 Å². The molecule has 13 heavy (non-hydrogen) atoms. The van der Waals surface area contributed by atoms with Gasteiger partial charge in [0.25, 0.3) is 0 Å². The highest BCUT2D eigenvalue weighted by atomic mass is 32.7. The molecular weight excluding hydrogens is 231 g/mol. The molecule has 0 aliphatic carbocycles. The fourth-order valence-electron chi connectivity index (χ4n) is 0.962. The van der Waals surface area contributed by atoms with Crippen LogP contribution in [0, 0.1) is 0 Å². The monoisotopic (exact) mass is 242 g/mol. The number of urea groups is 1.